The number of hydrogen-bond acceptors (Lipinski definition) is 4. The number of benzene rings is 3. The topological polar surface area (TPSA) is 81.4 Å². The lowest BCUT2D eigenvalue weighted by atomic mass is 10.1. The van der Waals surface area contributed by atoms with Gasteiger partial charge >= 0.3 is 0 Å². The summed E-state index contributed by atoms with van der Waals surface area (Å²) in [6.07, 6.45) is 0. The molecule has 0 aliphatic heterocycles. The van der Waals surface area contributed by atoms with E-state index in [1.165, 1.54) is 5.56 Å². The van der Waals surface area contributed by atoms with E-state index in [9.17, 15) is 9.59 Å². The minimum Gasteiger partial charge on any atom is -0.496 e. The summed E-state index contributed by atoms with van der Waals surface area (Å²) in [6.45, 7) is 2.06. The number of rotatable bonds is 7. The fraction of sp³-hybridized carbons (Fsp3) is 0.130. The average molecular weight is 407 g/mol. The van der Waals surface area contributed by atoms with Gasteiger partial charge in [-0.25, -0.2) is 0 Å². The molecule has 0 aliphatic carbocycles. The van der Waals surface area contributed by atoms with Crippen LogP contribution in [0.1, 0.15) is 31.8 Å². The van der Waals surface area contributed by atoms with Crippen LogP contribution >= 0.6 is 11.8 Å². The SMILES string of the molecule is COc1ccc(C(=O)Nc2ccc(C(N)=O)cc2)cc1CSc1ccc(C)cc1. The van der Waals surface area contributed by atoms with E-state index in [2.05, 4.69) is 36.5 Å². The first-order valence-corrected chi connectivity index (χ1v) is 10.0. The normalized spacial score (nSPS) is 10.4. The second-order valence-electron chi connectivity index (χ2n) is 6.52. The molecule has 3 aromatic carbocycles. The number of methoxy groups -OCH3 is 1. The van der Waals surface area contributed by atoms with Crippen LogP contribution in [0.25, 0.3) is 0 Å². The molecule has 0 aliphatic rings. The molecule has 0 spiro atoms. The summed E-state index contributed by atoms with van der Waals surface area (Å²) in [7, 11) is 1.62. The summed E-state index contributed by atoms with van der Waals surface area (Å²) < 4.78 is 5.45. The largest absolute Gasteiger partial charge is 0.496 e. The molecule has 0 radical (unpaired) electrons. The maximum atomic E-state index is 12.6. The van der Waals surface area contributed by atoms with Gasteiger partial charge in [0.1, 0.15) is 5.75 Å². The van der Waals surface area contributed by atoms with E-state index < -0.39 is 5.91 Å². The van der Waals surface area contributed by atoms with Crippen molar-refractivity contribution in [2.24, 2.45) is 5.73 Å². The zero-order valence-electron chi connectivity index (χ0n) is 16.3. The highest BCUT2D eigenvalue weighted by Crippen LogP contribution is 2.29. The van der Waals surface area contributed by atoms with Crippen LogP contribution in [0.5, 0.6) is 5.75 Å². The average Bonchev–Trinajstić information content (AvgIpc) is 2.73. The van der Waals surface area contributed by atoms with Crippen LogP contribution in [0.15, 0.2) is 71.6 Å². The number of thioether (sulfide) groups is 1. The molecule has 0 heterocycles. The molecule has 3 N–H and O–H groups in total. The van der Waals surface area contributed by atoms with E-state index in [4.69, 9.17) is 10.5 Å². The van der Waals surface area contributed by atoms with Crippen molar-refractivity contribution < 1.29 is 14.3 Å². The van der Waals surface area contributed by atoms with E-state index in [0.717, 1.165) is 16.2 Å². The standard InChI is InChI=1S/C23H22N2O3S/c1-15-3-10-20(11-4-15)29-14-18-13-17(7-12-21(18)28-2)23(27)25-19-8-5-16(6-9-19)22(24)26/h3-13H,14H2,1-2H3,(H2,24,26)(H,25,27). The van der Waals surface area contributed by atoms with Gasteiger partial charge in [-0.3, -0.25) is 9.59 Å². The first kappa shape index (κ1) is 20.5. The smallest absolute Gasteiger partial charge is 0.255 e. The van der Waals surface area contributed by atoms with E-state index in [1.807, 2.05) is 6.07 Å². The van der Waals surface area contributed by atoms with Crippen molar-refractivity contribution >= 4 is 29.3 Å². The Morgan fingerprint density at radius 2 is 1.62 bits per heavy atom. The molecular formula is C23H22N2O3S. The Labute approximate surface area is 174 Å². The number of carbonyl (C=O) groups is 2. The van der Waals surface area contributed by atoms with Gasteiger partial charge in [0.2, 0.25) is 5.91 Å². The maximum absolute atomic E-state index is 12.6. The Bertz CT molecular complexity index is 1020. The Hall–Kier alpha value is -3.25. The zero-order chi connectivity index (χ0) is 20.8. The molecule has 3 rings (SSSR count). The number of ether oxygens (including phenoxy) is 1. The van der Waals surface area contributed by atoms with E-state index in [0.29, 0.717) is 22.6 Å². The molecule has 0 saturated carbocycles. The zero-order valence-corrected chi connectivity index (χ0v) is 17.1. The van der Waals surface area contributed by atoms with Gasteiger partial charge in [0, 0.05) is 33.0 Å². The second-order valence-corrected chi connectivity index (χ2v) is 7.57. The molecule has 0 atom stereocenters. The van der Waals surface area contributed by atoms with Crippen LogP contribution in [0, 0.1) is 6.92 Å². The molecule has 5 nitrogen and oxygen atoms in total. The number of aryl methyl sites for hydroxylation is 1. The van der Waals surface area contributed by atoms with Crippen LogP contribution in [0.2, 0.25) is 0 Å². The quantitative estimate of drug-likeness (QED) is 0.560. The molecular weight excluding hydrogens is 384 g/mol. The highest BCUT2D eigenvalue weighted by molar-refractivity contribution is 7.98. The Balaban J connectivity index is 1.73. The van der Waals surface area contributed by atoms with E-state index in [1.54, 1.807) is 55.3 Å². The molecule has 29 heavy (non-hydrogen) atoms. The van der Waals surface area contributed by atoms with Gasteiger partial charge in [0.25, 0.3) is 5.91 Å². The summed E-state index contributed by atoms with van der Waals surface area (Å²) in [5, 5.41) is 2.83. The summed E-state index contributed by atoms with van der Waals surface area (Å²) >= 11 is 1.68. The van der Waals surface area contributed by atoms with Gasteiger partial charge in [-0.2, -0.15) is 0 Å². The summed E-state index contributed by atoms with van der Waals surface area (Å²) in [4.78, 5) is 25.0. The number of carbonyl (C=O) groups excluding carboxylic acids is 2. The van der Waals surface area contributed by atoms with Gasteiger partial charge in [-0.05, 0) is 61.5 Å². The molecule has 0 unspecified atom stereocenters. The van der Waals surface area contributed by atoms with Crippen LogP contribution in [-0.2, 0) is 5.75 Å². The number of anilines is 1. The molecule has 6 heteroatoms. The lowest BCUT2D eigenvalue weighted by Crippen LogP contribution is -2.13. The first-order chi connectivity index (χ1) is 14.0. The molecule has 3 aromatic rings. The minimum atomic E-state index is -0.506. The summed E-state index contributed by atoms with van der Waals surface area (Å²) in [5.41, 5.74) is 8.91. The molecule has 0 bridgehead atoms. The van der Waals surface area contributed by atoms with Crippen molar-refractivity contribution in [3.05, 3.63) is 89.0 Å². The van der Waals surface area contributed by atoms with Crippen molar-refractivity contribution in [2.45, 2.75) is 17.6 Å². The van der Waals surface area contributed by atoms with Crippen LogP contribution in [-0.4, -0.2) is 18.9 Å². The van der Waals surface area contributed by atoms with Crippen molar-refractivity contribution in [1.29, 1.82) is 0 Å². The highest BCUT2D eigenvalue weighted by Gasteiger charge is 2.12. The predicted octanol–water partition coefficient (Wildman–Crippen LogP) is 4.65. The molecule has 0 fully saturated rings. The van der Waals surface area contributed by atoms with Crippen molar-refractivity contribution in [3.63, 3.8) is 0 Å². The first-order valence-electron chi connectivity index (χ1n) is 9.04. The molecule has 0 aromatic heterocycles. The van der Waals surface area contributed by atoms with Crippen molar-refractivity contribution in [2.75, 3.05) is 12.4 Å². The van der Waals surface area contributed by atoms with Gasteiger partial charge in [0.05, 0.1) is 7.11 Å². The minimum absolute atomic E-state index is 0.235. The monoisotopic (exact) mass is 406 g/mol. The summed E-state index contributed by atoms with van der Waals surface area (Å²) in [5.74, 6) is 0.683. The van der Waals surface area contributed by atoms with Gasteiger partial charge in [-0.15, -0.1) is 11.8 Å². The van der Waals surface area contributed by atoms with Gasteiger partial charge in [-0.1, -0.05) is 17.7 Å². The molecule has 0 saturated heterocycles. The fourth-order valence-electron chi connectivity index (χ4n) is 2.75. The predicted molar refractivity (Wildman–Crippen MR) is 117 cm³/mol. The fourth-order valence-corrected chi connectivity index (χ4v) is 3.63. The second kappa shape index (κ2) is 9.30. The lowest BCUT2D eigenvalue weighted by Gasteiger charge is -2.11. The highest BCUT2D eigenvalue weighted by atomic mass is 32.2. The number of amides is 2. The third-order valence-corrected chi connectivity index (χ3v) is 5.45. The van der Waals surface area contributed by atoms with Crippen LogP contribution in [0.3, 0.4) is 0 Å². The number of nitrogens with two attached hydrogens (primary N) is 1. The Morgan fingerprint density at radius 3 is 2.24 bits per heavy atom. The summed E-state index contributed by atoms with van der Waals surface area (Å²) in [6, 6.07) is 20.1. The van der Waals surface area contributed by atoms with Gasteiger partial charge in [0.15, 0.2) is 0 Å². The van der Waals surface area contributed by atoms with Crippen molar-refractivity contribution in [1.82, 2.24) is 0 Å². The van der Waals surface area contributed by atoms with Crippen LogP contribution in [0.4, 0.5) is 5.69 Å². The van der Waals surface area contributed by atoms with E-state index >= 15 is 0 Å². The third-order valence-electron chi connectivity index (χ3n) is 4.39. The van der Waals surface area contributed by atoms with Crippen molar-refractivity contribution in [3.8, 4) is 5.75 Å². The van der Waals surface area contributed by atoms with Gasteiger partial charge < -0.3 is 15.8 Å². The number of nitrogens with one attached hydrogen (secondary N) is 1. The third kappa shape index (κ3) is 5.39. The number of hydrogen-bond donors (Lipinski definition) is 2. The number of primary amides is 1. The maximum Gasteiger partial charge on any atom is 0.255 e. The lowest BCUT2D eigenvalue weighted by molar-refractivity contribution is 0.0998. The molecule has 2 amide bonds. The van der Waals surface area contributed by atoms with E-state index in [-0.39, 0.29) is 5.91 Å². The molecule has 148 valence electrons. The Kier molecular flexibility index (Phi) is 6.57. The Morgan fingerprint density at radius 1 is 0.966 bits per heavy atom. The van der Waals surface area contributed by atoms with Crippen LogP contribution < -0.4 is 15.8 Å².